The molecule has 4 N–H and O–H groups in total. The summed E-state index contributed by atoms with van der Waals surface area (Å²) in [5.74, 6) is 0.587. The van der Waals surface area contributed by atoms with Crippen molar-refractivity contribution in [3.05, 3.63) is 0 Å². The second-order valence-electron chi connectivity index (χ2n) is 5.27. The molecule has 0 bridgehead atoms. The third-order valence-electron chi connectivity index (χ3n) is 3.82. The van der Waals surface area contributed by atoms with E-state index >= 15 is 0 Å². The first kappa shape index (κ1) is 11.7. The van der Waals surface area contributed by atoms with Crippen molar-refractivity contribution in [1.82, 2.24) is 10.6 Å². The van der Waals surface area contributed by atoms with E-state index in [4.69, 9.17) is 5.73 Å². The van der Waals surface area contributed by atoms with Gasteiger partial charge in [0.25, 0.3) is 0 Å². The zero-order chi connectivity index (χ0) is 11.4. The van der Waals surface area contributed by atoms with E-state index in [1.54, 1.807) is 0 Å². The van der Waals surface area contributed by atoms with Crippen molar-refractivity contribution in [2.75, 3.05) is 6.54 Å². The summed E-state index contributed by atoms with van der Waals surface area (Å²) in [6.07, 6.45) is 8.11. The molecular weight excluding hydrogens is 202 g/mol. The summed E-state index contributed by atoms with van der Waals surface area (Å²) in [7, 11) is 0. The van der Waals surface area contributed by atoms with Crippen molar-refractivity contribution in [3.63, 3.8) is 0 Å². The minimum Gasteiger partial charge on any atom is -0.338 e. The molecule has 2 unspecified atom stereocenters. The molecule has 4 nitrogen and oxygen atoms in total. The highest BCUT2D eigenvalue weighted by atomic mass is 16.2. The molecule has 0 aromatic heterocycles. The van der Waals surface area contributed by atoms with Crippen LogP contribution in [0.3, 0.4) is 0 Å². The maximum absolute atomic E-state index is 11.6. The lowest BCUT2D eigenvalue weighted by atomic mass is 10.1. The van der Waals surface area contributed by atoms with Crippen molar-refractivity contribution < 1.29 is 4.79 Å². The molecule has 0 radical (unpaired) electrons. The first-order valence-corrected chi connectivity index (χ1v) is 6.54. The fourth-order valence-electron chi connectivity index (χ4n) is 2.84. The summed E-state index contributed by atoms with van der Waals surface area (Å²) in [5.41, 5.74) is 5.84. The average Bonchev–Trinajstić information content (AvgIpc) is 2.87. The normalized spacial score (nSPS) is 30.6. The molecule has 2 aliphatic rings. The Kier molecular flexibility index (Phi) is 4.04. The lowest BCUT2D eigenvalue weighted by Crippen LogP contribution is -2.42. The fraction of sp³-hybridized carbons (Fsp3) is 0.917. The van der Waals surface area contributed by atoms with E-state index in [-0.39, 0.29) is 6.03 Å². The Hall–Kier alpha value is -0.770. The van der Waals surface area contributed by atoms with Crippen molar-refractivity contribution in [2.45, 2.75) is 57.0 Å². The number of nitrogens with two attached hydrogens (primary N) is 1. The zero-order valence-electron chi connectivity index (χ0n) is 9.87. The van der Waals surface area contributed by atoms with Crippen LogP contribution < -0.4 is 16.4 Å². The SMILES string of the molecule is NC1CCC(CNC(=O)NC2CCCC2)C1. The third-order valence-corrected chi connectivity index (χ3v) is 3.82. The molecule has 2 rings (SSSR count). The number of amides is 2. The molecular formula is C12H23N3O. The Morgan fingerprint density at radius 1 is 1.19 bits per heavy atom. The number of hydrogen-bond acceptors (Lipinski definition) is 2. The van der Waals surface area contributed by atoms with Gasteiger partial charge in [-0.1, -0.05) is 12.8 Å². The lowest BCUT2D eigenvalue weighted by Gasteiger charge is -2.15. The minimum absolute atomic E-state index is 0.00683. The Balaban J connectivity index is 1.60. The second-order valence-corrected chi connectivity index (χ2v) is 5.27. The smallest absolute Gasteiger partial charge is 0.315 e. The first-order chi connectivity index (χ1) is 7.74. The van der Waals surface area contributed by atoms with Gasteiger partial charge in [-0.15, -0.1) is 0 Å². The van der Waals surface area contributed by atoms with Gasteiger partial charge in [-0.2, -0.15) is 0 Å². The minimum atomic E-state index is 0.00683. The summed E-state index contributed by atoms with van der Waals surface area (Å²) in [6.45, 7) is 0.784. The van der Waals surface area contributed by atoms with Crippen LogP contribution in [0.1, 0.15) is 44.9 Å². The fourth-order valence-corrected chi connectivity index (χ4v) is 2.84. The lowest BCUT2D eigenvalue weighted by molar-refractivity contribution is 0.235. The van der Waals surface area contributed by atoms with Crippen molar-refractivity contribution in [3.8, 4) is 0 Å². The van der Waals surface area contributed by atoms with Crippen LogP contribution in [0.2, 0.25) is 0 Å². The molecule has 16 heavy (non-hydrogen) atoms. The van der Waals surface area contributed by atoms with Gasteiger partial charge in [0.15, 0.2) is 0 Å². The third kappa shape index (κ3) is 3.37. The molecule has 2 saturated carbocycles. The van der Waals surface area contributed by atoms with Crippen molar-refractivity contribution >= 4 is 6.03 Å². The molecule has 0 saturated heterocycles. The van der Waals surface area contributed by atoms with Gasteiger partial charge in [0, 0.05) is 18.6 Å². The van der Waals surface area contributed by atoms with Crippen LogP contribution in [0.25, 0.3) is 0 Å². The highest BCUT2D eigenvalue weighted by Crippen LogP contribution is 2.23. The van der Waals surface area contributed by atoms with Gasteiger partial charge in [-0.3, -0.25) is 0 Å². The Morgan fingerprint density at radius 3 is 2.56 bits per heavy atom. The van der Waals surface area contributed by atoms with Crippen LogP contribution in [-0.2, 0) is 0 Å². The van der Waals surface area contributed by atoms with Crippen LogP contribution in [0.4, 0.5) is 4.79 Å². The van der Waals surface area contributed by atoms with Gasteiger partial charge in [-0.25, -0.2) is 4.79 Å². The Morgan fingerprint density at radius 2 is 1.94 bits per heavy atom. The Labute approximate surface area is 97.3 Å². The number of rotatable bonds is 3. The summed E-state index contributed by atoms with van der Waals surface area (Å²) >= 11 is 0. The summed E-state index contributed by atoms with van der Waals surface area (Å²) < 4.78 is 0. The molecule has 2 fully saturated rings. The number of hydrogen-bond donors (Lipinski definition) is 3. The van der Waals surface area contributed by atoms with Gasteiger partial charge >= 0.3 is 6.03 Å². The predicted octanol–water partition coefficient (Wildman–Crippen LogP) is 1.36. The molecule has 2 aliphatic carbocycles. The quantitative estimate of drug-likeness (QED) is 0.679. The molecule has 2 amide bonds. The first-order valence-electron chi connectivity index (χ1n) is 6.54. The van der Waals surface area contributed by atoms with Gasteiger partial charge in [0.1, 0.15) is 0 Å². The van der Waals surface area contributed by atoms with Crippen molar-refractivity contribution in [1.29, 1.82) is 0 Å². The standard InChI is InChI=1S/C12H23N3O/c13-10-6-5-9(7-10)8-14-12(16)15-11-3-1-2-4-11/h9-11H,1-8,13H2,(H2,14,15,16). The summed E-state index contributed by atoms with van der Waals surface area (Å²) in [5, 5.41) is 6.00. The Bertz CT molecular complexity index is 238. The summed E-state index contributed by atoms with van der Waals surface area (Å²) in [4.78, 5) is 11.6. The van der Waals surface area contributed by atoms with E-state index in [0.29, 0.717) is 18.0 Å². The van der Waals surface area contributed by atoms with Crippen LogP contribution in [0, 0.1) is 5.92 Å². The van der Waals surface area contributed by atoms with E-state index in [2.05, 4.69) is 10.6 Å². The van der Waals surface area contributed by atoms with E-state index in [9.17, 15) is 4.79 Å². The highest BCUT2D eigenvalue weighted by Gasteiger charge is 2.22. The highest BCUT2D eigenvalue weighted by molar-refractivity contribution is 5.74. The molecule has 4 heteroatoms. The van der Waals surface area contributed by atoms with Gasteiger partial charge in [0.2, 0.25) is 0 Å². The maximum atomic E-state index is 11.6. The molecule has 0 heterocycles. The topological polar surface area (TPSA) is 67.1 Å². The van der Waals surface area contributed by atoms with Crippen LogP contribution >= 0.6 is 0 Å². The average molecular weight is 225 g/mol. The largest absolute Gasteiger partial charge is 0.338 e. The van der Waals surface area contributed by atoms with Gasteiger partial charge in [0.05, 0.1) is 0 Å². The molecule has 0 spiro atoms. The molecule has 0 aliphatic heterocycles. The number of carbonyl (C=O) groups excluding carboxylic acids is 1. The number of urea groups is 1. The van der Waals surface area contributed by atoms with Crippen molar-refractivity contribution in [2.24, 2.45) is 11.7 Å². The molecule has 92 valence electrons. The number of nitrogens with one attached hydrogen (secondary N) is 2. The molecule has 2 atom stereocenters. The van der Waals surface area contributed by atoms with E-state index in [1.807, 2.05) is 0 Å². The monoisotopic (exact) mass is 225 g/mol. The van der Waals surface area contributed by atoms with E-state index in [1.165, 1.54) is 12.8 Å². The zero-order valence-corrected chi connectivity index (χ0v) is 9.87. The maximum Gasteiger partial charge on any atom is 0.315 e. The number of carbonyl (C=O) groups is 1. The second kappa shape index (κ2) is 5.53. The molecule has 0 aromatic carbocycles. The van der Waals surface area contributed by atoms with Crippen LogP contribution in [0.5, 0.6) is 0 Å². The van der Waals surface area contributed by atoms with E-state index < -0.39 is 0 Å². The summed E-state index contributed by atoms with van der Waals surface area (Å²) in [6, 6.07) is 0.767. The van der Waals surface area contributed by atoms with Crippen LogP contribution in [0.15, 0.2) is 0 Å². The van der Waals surface area contributed by atoms with Gasteiger partial charge in [-0.05, 0) is 38.0 Å². The predicted molar refractivity (Wildman–Crippen MR) is 64.1 cm³/mol. The van der Waals surface area contributed by atoms with Gasteiger partial charge < -0.3 is 16.4 Å². The van der Waals surface area contributed by atoms with Crippen LogP contribution in [-0.4, -0.2) is 24.7 Å². The molecule has 0 aromatic rings. The van der Waals surface area contributed by atoms with E-state index in [0.717, 1.165) is 38.6 Å².